The maximum Gasteiger partial charge on any atom is 0.255 e. The van der Waals surface area contributed by atoms with Crippen molar-refractivity contribution in [2.45, 2.75) is 19.6 Å². The molecule has 4 aromatic rings. The highest BCUT2D eigenvalue weighted by Gasteiger charge is 2.34. The summed E-state index contributed by atoms with van der Waals surface area (Å²) in [5.41, 5.74) is 2.97. The molecule has 1 aromatic heterocycles. The minimum Gasteiger partial charge on any atom is -0.495 e. The molecule has 212 valence electrons. The lowest BCUT2D eigenvalue weighted by Crippen LogP contribution is -2.31. The van der Waals surface area contributed by atoms with E-state index in [-0.39, 0.29) is 12.5 Å². The quantitative estimate of drug-likeness (QED) is 0.238. The number of carbonyl (C=O) groups excluding carboxylic acids is 1. The fraction of sp³-hybridized carbons (Fsp3) is 0.207. The molecule has 12 heteroatoms. The molecule has 0 aliphatic carbocycles. The van der Waals surface area contributed by atoms with Gasteiger partial charge in [-0.25, -0.2) is 4.68 Å². The summed E-state index contributed by atoms with van der Waals surface area (Å²) in [7, 11) is 4.54. The number of allylic oxidation sites excluding steroid dienone is 1. The number of hydrogen-bond donors (Lipinski definition) is 2. The summed E-state index contributed by atoms with van der Waals surface area (Å²) in [5, 5.41) is 11.5. The largest absolute Gasteiger partial charge is 0.495 e. The zero-order chi connectivity index (χ0) is 29.1. The Labute approximate surface area is 246 Å². The van der Waals surface area contributed by atoms with Gasteiger partial charge in [-0.05, 0) is 30.7 Å². The van der Waals surface area contributed by atoms with Crippen LogP contribution < -0.4 is 29.6 Å². The van der Waals surface area contributed by atoms with Gasteiger partial charge in [0.25, 0.3) is 5.91 Å². The lowest BCUT2D eigenvalue weighted by molar-refractivity contribution is -0.113. The molecule has 3 aromatic carbocycles. The van der Waals surface area contributed by atoms with Crippen molar-refractivity contribution < 1.29 is 23.7 Å². The van der Waals surface area contributed by atoms with Gasteiger partial charge in [0.15, 0.2) is 11.5 Å². The number of amides is 1. The van der Waals surface area contributed by atoms with Gasteiger partial charge in [0, 0.05) is 28.4 Å². The van der Waals surface area contributed by atoms with Gasteiger partial charge in [-0.1, -0.05) is 47.5 Å². The zero-order valence-corrected chi connectivity index (χ0v) is 24.2. The molecule has 0 saturated carbocycles. The Hall–Kier alpha value is -4.41. The summed E-state index contributed by atoms with van der Waals surface area (Å²) in [5.74, 6) is 1.88. The first-order chi connectivity index (χ1) is 19.8. The van der Waals surface area contributed by atoms with Crippen LogP contribution in [0.15, 0.2) is 72.2 Å². The Bertz CT molecular complexity index is 1640. The second-order valence-corrected chi connectivity index (χ2v) is 9.84. The number of nitrogens with zero attached hydrogens (tertiary/aromatic N) is 3. The molecule has 5 rings (SSSR count). The average molecular weight is 596 g/mol. The van der Waals surface area contributed by atoms with Crippen molar-refractivity contribution in [2.24, 2.45) is 0 Å². The van der Waals surface area contributed by atoms with Gasteiger partial charge >= 0.3 is 0 Å². The number of methoxy groups -OCH3 is 3. The molecule has 0 spiro atoms. The van der Waals surface area contributed by atoms with E-state index in [1.807, 2.05) is 36.4 Å². The van der Waals surface area contributed by atoms with Crippen LogP contribution >= 0.6 is 23.2 Å². The van der Waals surface area contributed by atoms with Gasteiger partial charge < -0.3 is 29.6 Å². The van der Waals surface area contributed by atoms with Gasteiger partial charge in [-0.2, -0.15) is 10.1 Å². The third kappa shape index (κ3) is 5.61. The van der Waals surface area contributed by atoms with E-state index < -0.39 is 6.04 Å². The summed E-state index contributed by atoms with van der Waals surface area (Å²) >= 11 is 12.5. The SMILES string of the molecule is COc1cc(NC(=O)C2=C(C)Nc3ncnn3[C@@H]2c2ccc(OCc3ccccc3Cl)c(OC)c2)c(OC)cc1Cl. The summed E-state index contributed by atoms with van der Waals surface area (Å²) in [6.45, 7) is 2.06. The van der Waals surface area contributed by atoms with Crippen LogP contribution in [0.2, 0.25) is 10.0 Å². The minimum atomic E-state index is -0.638. The van der Waals surface area contributed by atoms with E-state index in [2.05, 4.69) is 20.7 Å². The number of benzene rings is 3. The van der Waals surface area contributed by atoms with Crippen molar-refractivity contribution >= 4 is 40.7 Å². The summed E-state index contributed by atoms with van der Waals surface area (Å²) < 4.78 is 24.1. The molecule has 1 aliphatic heterocycles. The van der Waals surface area contributed by atoms with Crippen LogP contribution in [0.25, 0.3) is 0 Å². The van der Waals surface area contributed by atoms with E-state index in [4.69, 9.17) is 42.1 Å². The molecular formula is C29H27Cl2N5O5. The number of rotatable bonds is 9. The first kappa shape index (κ1) is 28.1. The van der Waals surface area contributed by atoms with Crippen LogP contribution in [0.1, 0.15) is 24.1 Å². The third-order valence-electron chi connectivity index (χ3n) is 6.61. The molecule has 0 bridgehead atoms. The Kier molecular flexibility index (Phi) is 8.23. The Morgan fingerprint density at radius 2 is 1.71 bits per heavy atom. The van der Waals surface area contributed by atoms with Gasteiger partial charge in [0.05, 0.1) is 37.6 Å². The minimum absolute atomic E-state index is 0.259. The van der Waals surface area contributed by atoms with E-state index in [1.54, 1.807) is 36.9 Å². The van der Waals surface area contributed by atoms with Gasteiger partial charge in [-0.3, -0.25) is 4.79 Å². The Morgan fingerprint density at radius 1 is 0.951 bits per heavy atom. The molecule has 0 fully saturated rings. The van der Waals surface area contributed by atoms with Gasteiger partial charge in [0.2, 0.25) is 5.95 Å². The van der Waals surface area contributed by atoms with Crippen LogP contribution in [0.4, 0.5) is 11.6 Å². The van der Waals surface area contributed by atoms with E-state index in [0.717, 1.165) is 11.1 Å². The highest BCUT2D eigenvalue weighted by Crippen LogP contribution is 2.41. The predicted molar refractivity (Wildman–Crippen MR) is 156 cm³/mol. The Balaban J connectivity index is 1.50. The first-order valence-electron chi connectivity index (χ1n) is 12.5. The van der Waals surface area contributed by atoms with E-state index in [0.29, 0.717) is 55.9 Å². The van der Waals surface area contributed by atoms with Crippen molar-refractivity contribution in [1.82, 2.24) is 14.8 Å². The van der Waals surface area contributed by atoms with Crippen molar-refractivity contribution in [3.05, 3.63) is 93.4 Å². The van der Waals surface area contributed by atoms with Crippen LogP contribution in [-0.4, -0.2) is 42.0 Å². The second kappa shape index (κ2) is 12.0. The van der Waals surface area contributed by atoms with Crippen LogP contribution in [0.5, 0.6) is 23.0 Å². The number of halogens is 2. The molecule has 0 unspecified atom stereocenters. The molecule has 0 radical (unpaired) electrons. The van der Waals surface area contributed by atoms with E-state index >= 15 is 0 Å². The van der Waals surface area contributed by atoms with Crippen molar-refractivity contribution in [3.63, 3.8) is 0 Å². The number of ether oxygens (including phenoxy) is 4. The van der Waals surface area contributed by atoms with Crippen LogP contribution in [0, 0.1) is 0 Å². The number of carbonyl (C=O) groups is 1. The van der Waals surface area contributed by atoms with Crippen molar-refractivity contribution in [2.75, 3.05) is 32.0 Å². The summed E-state index contributed by atoms with van der Waals surface area (Å²) in [4.78, 5) is 18.2. The normalized spacial score (nSPS) is 14.1. The van der Waals surface area contributed by atoms with Crippen LogP contribution in [0.3, 0.4) is 0 Å². The number of anilines is 2. The molecule has 1 atom stereocenters. The molecule has 1 amide bonds. The highest BCUT2D eigenvalue weighted by atomic mass is 35.5. The zero-order valence-electron chi connectivity index (χ0n) is 22.7. The lowest BCUT2D eigenvalue weighted by Gasteiger charge is -2.29. The standard InChI is InChI=1S/C29H27Cl2N5O5/c1-16-26(28(37)35-21-13-23(38-2)20(31)12-24(21)39-3)27(36-29(34-16)32-15-33-36)17-9-10-22(25(11-17)40-4)41-14-18-7-5-6-8-19(18)30/h5-13,15,27H,14H2,1-4H3,(H,35,37)(H,32,33,34)/t27-/m1/s1. The number of aromatic nitrogens is 3. The third-order valence-corrected chi connectivity index (χ3v) is 7.27. The molecule has 2 N–H and O–H groups in total. The Morgan fingerprint density at radius 3 is 2.44 bits per heavy atom. The topological polar surface area (TPSA) is 109 Å². The second-order valence-electron chi connectivity index (χ2n) is 9.03. The van der Waals surface area contributed by atoms with Crippen molar-refractivity contribution in [1.29, 1.82) is 0 Å². The average Bonchev–Trinajstić information content (AvgIpc) is 3.44. The van der Waals surface area contributed by atoms with E-state index in [1.165, 1.54) is 20.5 Å². The maximum absolute atomic E-state index is 13.9. The van der Waals surface area contributed by atoms with Crippen molar-refractivity contribution in [3.8, 4) is 23.0 Å². The number of fused-ring (bicyclic) bond motifs is 1. The smallest absolute Gasteiger partial charge is 0.255 e. The fourth-order valence-corrected chi connectivity index (χ4v) is 5.01. The van der Waals surface area contributed by atoms with Gasteiger partial charge in [-0.15, -0.1) is 0 Å². The maximum atomic E-state index is 13.9. The summed E-state index contributed by atoms with van der Waals surface area (Å²) in [6, 6.07) is 15.5. The van der Waals surface area contributed by atoms with E-state index in [9.17, 15) is 4.79 Å². The molecule has 10 nitrogen and oxygen atoms in total. The first-order valence-corrected chi connectivity index (χ1v) is 13.2. The molecule has 1 aliphatic rings. The molecule has 41 heavy (non-hydrogen) atoms. The monoisotopic (exact) mass is 595 g/mol. The number of nitrogens with one attached hydrogen (secondary N) is 2. The summed E-state index contributed by atoms with van der Waals surface area (Å²) in [6.07, 6.45) is 1.43. The molecule has 0 saturated heterocycles. The molecule has 2 heterocycles. The lowest BCUT2D eigenvalue weighted by atomic mass is 9.94. The van der Waals surface area contributed by atoms with Gasteiger partial charge in [0.1, 0.15) is 30.5 Å². The molecular weight excluding hydrogens is 569 g/mol. The highest BCUT2D eigenvalue weighted by molar-refractivity contribution is 6.32. The fourth-order valence-electron chi connectivity index (χ4n) is 4.59. The predicted octanol–water partition coefficient (Wildman–Crippen LogP) is 6.12. The number of hydrogen-bond acceptors (Lipinski definition) is 8. The van der Waals surface area contributed by atoms with Crippen LogP contribution in [-0.2, 0) is 11.4 Å².